The smallest absolute Gasteiger partial charge is 0.341 e. The number of nitrogens with zero attached hydrogens (tertiary/aromatic N) is 1. The third-order valence-electron chi connectivity index (χ3n) is 3.09. The van der Waals surface area contributed by atoms with Crippen LogP contribution in [0.2, 0.25) is 4.34 Å². The molecule has 7 heteroatoms. The Morgan fingerprint density at radius 2 is 2.09 bits per heavy atom. The van der Waals surface area contributed by atoms with Crippen molar-refractivity contribution in [3.63, 3.8) is 0 Å². The molecule has 2 rings (SSSR count). The zero-order valence-corrected chi connectivity index (χ0v) is 14.1. The Morgan fingerprint density at radius 1 is 1.30 bits per heavy atom. The number of carbonyl (C=O) groups is 2. The molecule has 0 bridgehead atoms. The van der Waals surface area contributed by atoms with Gasteiger partial charge < -0.3 is 14.7 Å². The first-order valence-electron chi connectivity index (χ1n) is 6.97. The molecule has 0 unspecified atom stereocenters. The molecule has 0 atom stereocenters. The topological polar surface area (TPSA) is 66.8 Å². The molecule has 1 aromatic carbocycles. The SMILES string of the molecule is CCN(Cc1ccc(Cl)s1)C(=O)c1cccc(OCC(=O)O)c1. The molecule has 0 saturated heterocycles. The number of ether oxygens (including phenoxy) is 1. The molecule has 1 N–H and O–H groups in total. The zero-order chi connectivity index (χ0) is 16.8. The maximum absolute atomic E-state index is 12.6. The second-order valence-corrected chi connectivity index (χ2v) is 6.54. The molecule has 0 spiro atoms. The van der Waals surface area contributed by atoms with Crippen molar-refractivity contribution in [3.05, 3.63) is 51.2 Å². The van der Waals surface area contributed by atoms with Gasteiger partial charge in [-0.2, -0.15) is 0 Å². The summed E-state index contributed by atoms with van der Waals surface area (Å²) in [6, 6.07) is 10.2. The van der Waals surface area contributed by atoms with Crippen LogP contribution < -0.4 is 4.74 Å². The number of benzene rings is 1. The van der Waals surface area contributed by atoms with Crippen LogP contribution >= 0.6 is 22.9 Å². The minimum Gasteiger partial charge on any atom is -0.482 e. The number of halogens is 1. The summed E-state index contributed by atoms with van der Waals surface area (Å²) in [5, 5.41) is 8.64. The third kappa shape index (κ3) is 4.97. The summed E-state index contributed by atoms with van der Waals surface area (Å²) in [6.45, 7) is 2.49. The predicted molar refractivity (Wildman–Crippen MR) is 89.3 cm³/mol. The van der Waals surface area contributed by atoms with Crippen LogP contribution in [0.25, 0.3) is 0 Å². The van der Waals surface area contributed by atoms with E-state index in [0.717, 1.165) is 4.88 Å². The molecule has 0 aliphatic heterocycles. The van der Waals surface area contributed by atoms with Gasteiger partial charge in [-0.05, 0) is 37.3 Å². The number of carbonyl (C=O) groups excluding carboxylic acids is 1. The van der Waals surface area contributed by atoms with Crippen LogP contribution in [-0.2, 0) is 11.3 Å². The van der Waals surface area contributed by atoms with Crippen LogP contribution in [0, 0.1) is 0 Å². The van der Waals surface area contributed by atoms with Crippen LogP contribution in [0.4, 0.5) is 0 Å². The van der Waals surface area contributed by atoms with Gasteiger partial charge in [0.25, 0.3) is 5.91 Å². The molecular weight excluding hydrogens is 338 g/mol. The number of carboxylic acids is 1. The molecule has 0 saturated carbocycles. The largest absolute Gasteiger partial charge is 0.482 e. The van der Waals surface area contributed by atoms with Gasteiger partial charge in [-0.1, -0.05) is 17.7 Å². The molecule has 5 nitrogen and oxygen atoms in total. The van der Waals surface area contributed by atoms with E-state index in [1.54, 1.807) is 35.2 Å². The standard InChI is InChI=1S/C16H16ClNO4S/c1-2-18(9-13-6-7-14(17)23-13)16(21)11-4-3-5-12(8-11)22-10-15(19)20/h3-8H,2,9-10H2,1H3,(H,19,20). The first-order valence-corrected chi connectivity index (χ1v) is 8.17. The fourth-order valence-electron chi connectivity index (χ4n) is 2.00. The lowest BCUT2D eigenvalue weighted by atomic mass is 10.2. The molecule has 0 radical (unpaired) electrons. The molecule has 1 aromatic heterocycles. The molecule has 122 valence electrons. The second-order valence-electron chi connectivity index (χ2n) is 4.74. The number of hydrogen-bond acceptors (Lipinski definition) is 4. The molecule has 0 fully saturated rings. The maximum atomic E-state index is 12.6. The van der Waals surface area contributed by atoms with Crippen molar-refractivity contribution in [1.82, 2.24) is 4.90 Å². The van der Waals surface area contributed by atoms with E-state index in [9.17, 15) is 9.59 Å². The van der Waals surface area contributed by atoms with Crippen molar-refractivity contribution in [2.24, 2.45) is 0 Å². The number of thiophene rings is 1. The molecule has 23 heavy (non-hydrogen) atoms. The van der Waals surface area contributed by atoms with Crippen molar-refractivity contribution in [2.45, 2.75) is 13.5 Å². The fraction of sp³-hybridized carbons (Fsp3) is 0.250. The van der Waals surface area contributed by atoms with Gasteiger partial charge in [-0.3, -0.25) is 4.79 Å². The zero-order valence-electron chi connectivity index (χ0n) is 12.5. The number of hydrogen-bond donors (Lipinski definition) is 1. The first kappa shape index (κ1) is 17.3. The summed E-state index contributed by atoms with van der Waals surface area (Å²) in [6.07, 6.45) is 0. The highest BCUT2D eigenvalue weighted by atomic mass is 35.5. The van der Waals surface area contributed by atoms with E-state index in [-0.39, 0.29) is 5.91 Å². The van der Waals surface area contributed by atoms with Crippen LogP contribution in [-0.4, -0.2) is 35.0 Å². The molecule has 2 aromatic rings. The van der Waals surface area contributed by atoms with Gasteiger partial charge in [0.2, 0.25) is 0 Å². The summed E-state index contributed by atoms with van der Waals surface area (Å²) in [5.74, 6) is -0.849. The van der Waals surface area contributed by atoms with Gasteiger partial charge in [-0.15, -0.1) is 11.3 Å². The highest BCUT2D eigenvalue weighted by molar-refractivity contribution is 7.16. The molecule has 1 amide bonds. The Morgan fingerprint density at radius 3 is 2.70 bits per heavy atom. The van der Waals surface area contributed by atoms with E-state index in [4.69, 9.17) is 21.4 Å². The van der Waals surface area contributed by atoms with Gasteiger partial charge >= 0.3 is 5.97 Å². The van der Waals surface area contributed by atoms with Gasteiger partial charge in [0.05, 0.1) is 10.9 Å². The van der Waals surface area contributed by atoms with Crippen LogP contribution in [0.5, 0.6) is 5.75 Å². The number of aliphatic carboxylic acids is 1. The highest BCUT2D eigenvalue weighted by Gasteiger charge is 2.16. The molecule has 0 aliphatic carbocycles. The third-order valence-corrected chi connectivity index (χ3v) is 4.30. The fourth-order valence-corrected chi connectivity index (χ4v) is 3.10. The quantitative estimate of drug-likeness (QED) is 0.826. The predicted octanol–water partition coefficient (Wildman–Crippen LogP) is 3.53. The summed E-state index contributed by atoms with van der Waals surface area (Å²) < 4.78 is 5.80. The van der Waals surface area contributed by atoms with Crippen molar-refractivity contribution in [3.8, 4) is 5.75 Å². The van der Waals surface area contributed by atoms with Crippen LogP contribution in [0.3, 0.4) is 0 Å². The van der Waals surface area contributed by atoms with Gasteiger partial charge in [0.1, 0.15) is 5.75 Å². The Labute approximate surface area is 143 Å². The van der Waals surface area contributed by atoms with E-state index in [1.807, 2.05) is 13.0 Å². The van der Waals surface area contributed by atoms with Gasteiger partial charge in [0, 0.05) is 17.0 Å². The minimum absolute atomic E-state index is 0.141. The highest BCUT2D eigenvalue weighted by Crippen LogP contribution is 2.23. The Balaban J connectivity index is 2.10. The Kier molecular flexibility index (Phi) is 6.01. The monoisotopic (exact) mass is 353 g/mol. The average Bonchev–Trinajstić information content (AvgIpc) is 2.95. The lowest BCUT2D eigenvalue weighted by Gasteiger charge is -2.20. The minimum atomic E-state index is -1.06. The second kappa shape index (κ2) is 7.99. The maximum Gasteiger partial charge on any atom is 0.341 e. The first-order chi connectivity index (χ1) is 11.0. The summed E-state index contributed by atoms with van der Waals surface area (Å²) in [5.41, 5.74) is 0.456. The molecule has 0 aliphatic rings. The summed E-state index contributed by atoms with van der Waals surface area (Å²) in [4.78, 5) is 25.8. The van der Waals surface area contributed by atoms with Crippen molar-refractivity contribution in [2.75, 3.05) is 13.2 Å². The average molecular weight is 354 g/mol. The number of carboxylic acid groups (broad SMARTS) is 1. The lowest BCUT2D eigenvalue weighted by Crippen LogP contribution is -2.30. The molecular formula is C16H16ClNO4S. The van der Waals surface area contributed by atoms with E-state index in [0.29, 0.717) is 28.7 Å². The van der Waals surface area contributed by atoms with Crippen molar-refractivity contribution in [1.29, 1.82) is 0 Å². The van der Waals surface area contributed by atoms with E-state index >= 15 is 0 Å². The van der Waals surface area contributed by atoms with E-state index in [1.165, 1.54) is 11.3 Å². The van der Waals surface area contributed by atoms with Crippen molar-refractivity contribution >= 4 is 34.8 Å². The van der Waals surface area contributed by atoms with E-state index in [2.05, 4.69) is 0 Å². The van der Waals surface area contributed by atoms with Crippen molar-refractivity contribution < 1.29 is 19.4 Å². The van der Waals surface area contributed by atoms with E-state index < -0.39 is 12.6 Å². The summed E-state index contributed by atoms with van der Waals surface area (Å²) in [7, 11) is 0. The lowest BCUT2D eigenvalue weighted by molar-refractivity contribution is -0.139. The normalized spacial score (nSPS) is 10.3. The Bertz CT molecular complexity index is 701. The number of amides is 1. The van der Waals surface area contributed by atoms with Gasteiger partial charge in [-0.25, -0.2) is 4.79 Å². The number of rotatable bonds is 7. The van der Waals surface area contributed by atoms with Gasteiger partial charge in [0.15, 0.2) is 6.61 Å². The molecule has 1 heterocycles. The van der Waals surface area contributed by atoms with Crippen LogP contribution in [0.1, 0.15) is 22.2 Å². The van der Waals surface area contributed by atoms with Crippen LogP contribution in [0.15, 0.2) is 36.4 Å². The summed E-state index contributed by atoms with van der Waals surface area (Å²) >= 11 is 7.36. The Hall–Kier alpha value is -2.05.